The highest BCUT2D eigenvalue weighted by Crippen LogP contribution is 2.22. The standard InChI is InChI=1S/C11H23NOS/c1-3-14-8-7-12-10(2)5-4-6-11(12)9-13/h10-11,13H,3-9H2,1-2H3. The van der Waals surface area contributed by atoms with Crippen LogP contribution in [0.5, 0.6) is 0 Å². The van der Waals surface area contributed by atoms with Gasteiger partial charge in [0.25, 0.3) is 0 Å². The van der Waals surface area contributed by atoms with E-state index < -0.39 is 0 Å². The second kappa shape index (κ2) is 6.70. The van der Waals surface area contributed by atoms with E-state index in [1.54, 1.807) is 0 Å². The first-order valence-corrected chi connectivity index (χ1v) is 6.89. The molecule has 1 heterocycles. The molecule has 2 nitrogen and oxygen atoms in total. The van der Waals surface area contributed by atoms with E-state index in [1.165, 1.54) is 30.8 Å². The maximum Gasteiger partial charge on any atom is 0.0586 e. The third kappa shape index (κ3) is 3.44. The Hall–Kier alpha value is 0.270. The predicted octanol–water partition coefficient (Wildman–Crippen LogP) is 1.97. The lowest BCUT2D eigenvalue weighted by Gasteiger charge is -2.39. The average molecular weight is 217 g/mol. The molecule has 0 aromatic heterocycles. The van der Waals surface area contributed by atoms with Gasteiger partial charge in [-0.3, -0.25) is 4.90 Å². The SMILES string of the molecule is CCSCCN1C(C)CCCC1CO. The van der Waals surface area contributed by atoms with Crippen LogP contribution in [0.1, 0.15) is 33.1 Å². The zero-order valence-electron chi connectivity index (χ0n) is 9.41. The van der Waals surface area contributed by atoms with E-state index in [9.17, 15) is 5.11 Å². The predicted molar refractivity (Wildman–Crippen MR) is 63.9 cm³/mol. The lowest BCUT2D eigenvalue weighted by molar-refractivity contribution is 0.0577. The van der Waals surface area contributed by atoms with Crippen LogP contribution in [0.2, 0.25) is 0 Å². The maximum atomic E-state index is 9.29. The van der Waals surface area contributed by atoms with Crippen molar-refractivity contribution in [2.75, 3.05) is 24.7 Å². The van der Waals surface area contributed by atoms with Crippen LogP contribution in [-0.2, 0) is 0 Å². The van der Waals surface area contributed by atoms with Gasteiger partial charge in [-0.1, -0.05) is 13.3 Å². The lowest BCUT2D eigenvalue weighted by Crippen LogP contribution is -2.48. The Kier molecular flexibility index (Phi) is 5.90. The van der Waals surface area contributed by atoms with Crippen molar-refractivity contribution in [3.63, 3.8) is 0 Å². The Bertz CT molecular complexity index is 154. The molecule has 1 saturated heterocycles. The van der Waals surface area contributed by atoms with Crippen molar-refractivity contribution >= 4 is 11.8 Å². The maximum absolute atomic E-state index is 9.29. The summed E-state index contributed by atoms with van der Waals surface area (Å²) in [5.74, 6) is 2.41. The molecule has 0 amide bonds. The summed E-state index contributed by atoms with van der Waals surface area (Å²) in [4.78, 5) is 2.49. The van der Waals surface area contributed by atoms with Crippen LogP contribution < -0.4 is 0 Å². The summed E-state index contributed by atoms with van der Waals surface area (Å²) >= 11 is 1.99. The molecule has 0 bridgehead atoms. The first-order chi connectivity index (χ1) is 6.79. The molecule has 0 radical (unpaired) electrons. The number of piperidine rings is 1. The van der Waals surface area contributed by atoms with E-state index in [4.69, 9.17) is 0 Å². The van der Waals surface area contributed by atoms with E-state index in [1.807, 2.05) is 11.8 Å². The van der Waals surface area contributed by atoms with Gasteiger partial charge in [-0.15, -0.1) is 0 Å². The third-order valence-electron chi connectivity index (χ3n) is 3.10. The zero-order chi connectivity index (χ0) is 10.4. The van der Waals surface area contributed by atoms with E-state index in [-0.39, 0.29) is 0 Å². The number of hydrogen-bond donors (Lipinski definition) is 1. The first-order valence-electron chi connectivity index (χ1n) is 5.74. The van der Waals surface area contributed by atoms with Crippen LogP contribution in [0, 0.1) is 0 Å². The number of aliphatic hydroxyl groups excluding tert-OH is 1. The molecule has 0 spiro atoms. The fourth-order valence-electron chi connectivity index (χ4n) is 2.25. The van der Waals surface area contributed by atoms with Crippen LogP contribution in [-0.4, -0.2) is 46.7 Å². The minimum Gasteiger partial charge on any atom is -0.395 e. The number of aliphatic hydroxyl groups is 1. The van der Waals surface area contributed by atoms with Gasteiger partial charge in [-0.25, -0.2) is 0 Å². The molecule has 0 aromatic carbocycles. The molecule has 2 atom stereocenters. The Balaban J connectivity index is 2.34. The number of thioether (sulfide) groups is 1. The summed E-state index contributed by atoms with van der Waals surface area (Å²) in [6, 6.07) is 1.09. The smallest absolute Gasteiger partial charge is 0.0586 e. The molecule has 14 heavy (non-hydrogen) atoms. The number of nitrogens with zero attached hydrogens (tertiary/aromatic N) is 1. The van der Waals surface area contributed by atoms with E-state index >= 15 is 0 Å². The van der Waals surface area contributed by atoms with Crippen molar-refractivity contribution in [3.05, 3.63) is 0 Å². The summed E-state index contributed by atoms with van der Waals surface area (Å²) in [6.45, 7) is 5.97. The second-order valence-electron chi connectivity index (χ2n) is 4.05. The van der Waals surface area contributed by atoms with Gasteiger partial charge in [0.2, 0.25) is 0 Å². The summed E-state index contributed by atoms with van der Waals surface area (Å²) < 4.78 is 0. The van der Waals surface area contributed by atoms with Crippen molar-refractivity contribution in [1.29, 1.82) is 0 Å². The van der Waals surface area contributed by atoms with Gasteiger partial charge in [0.15, 0.2) is 0 Å². The molecule has 1 aliphatic rings. The van der Waals surface area contributed by atoms with E-state index in [0.29, 0.717) is 18.7 Å². The molecular weight excluding hydrogens is 194 g/mol. The minimum absolute atomic E-state index is 0.334. The molecule has 2 unspecified atom stereocenters. The fourth-order valence-corrected chi connectivity index (χ4v) is 2.88. The summed E-state index contributed by atoms with van der Waals surface area (Å²) in [5, 5.41) is 9.29. The van der Waals surface area contributed by atoms with Gasteiger partial charge in [-0.2, -0.15) is 11.8 Å². The Morgan fingerprint density at radius 2 is 2.21 bits per heavy atom. The van der Waals surface area contributed by atoms with Gasteiger partial charge in [0, 0.05) is 24.4 Å². The van der Waals surface area contributed by atoms with Crippen molar-refractivity contribution in [3.8, 4) is 0 Å². The molecule has 0 aliphatic carbocycles. The zero-order valence-corrected chi connectivity index (χ0v) is 10.2. The van der Waals surface area contributed by atoms with E-state index in [2.05, 4.69) is 18.7 Å². The summed E-state index contributed by atoms with van der Waals surface area (Å²) in [6.07, 6.45) is 3.76. The van der Waals surface area contributed by atoms with Crippen molar-refractivity contribution in [1.82, 2.24) is 4.90 Å². The molecule has 1 N–H and O–H groups in total. The van der Waals surface area contributed by atoms with Crippen LogP contribution in [0.15, 0.2) is 0 Å². The Morgan fingerprint density at radius 1 is 1.43 bits per heavy atom. The number of hydrogen-bond acceptors (Lipinski definition) is 3. The number of rotatable bonds is 5. The second-order valence-corrected chi connectivity index (χ2v) is 5.44. The van der Waals surface area contributed by atoms with Gasteiger partial charge in [0.1, 0.15) is 0 Å². The van der Waals surface area contributed by atoms with Gasteiger partial charge < -0.3 is 5.11 Å². The van der Waals surface area contributed by atoms with Crippen LogP contribution >= 0.6 is 11.8 Å². The minimum atomic E-state index is 0.334. The third-order valence-corrected chi connectivity index (χ3v) is 3.98. The van der Waals surface area contributed by atoms with Gasteiger partial charge >= 0.3 is 0 Å². The van der Waals surface area contributed by atoms with Crippen molar-refractivity contribution in [2.45, 2.75) is 45.2 Å². The first kappa shape index (κ1) is 12.3. The largest absolute Gasteiger partial charge is 0.395 e. The number of likely N-dealkylation sites (tertiary alicyclic amines) is 1. The molecule has 1 rings (SSSR count). The fraction of sp³-hybridized carbons (Fsp3) is 1.00. The summed E-state index contributed by atoms with van der Waals surface area (Å²) in [7, 11) is 0. The lowest BCUT2D eigenvalue weighted by atomic mass is 9.97. The quantitative estimate of drug-likeness (QED) is 0.712. The molecule has 1 fully saturated rings. The van der Waals surface area contributed by atoms with Gasteiger partial charge in [-0.05, 0) is 25.5 Å². The average Bonchev–Trinajstić information content (AvgIpc) is 2.20. The molecule has 0 saturated carbocycles. The normalized spacial score (nSPS) is 29.4. The van der Waals surface area contributed by atoms with E-state index in [0.717, 1.165) is 6.54 Å². The highest BCUT2D eigenvalue weighted by atomic mass is 32.2. The Morgan fingerprint density at radius 3 is 2.86 bits per heavy atom. The topological polar surface area (TPSA) is 23.5 Å². The molecule has 84 valence electrons. The van der Waals surface area contributed by atoms with Crippen molar-refractivity contribution in [2.24, 2.45) is 0 Å². The summed E-state index contributed by atoms with van der Waals surface area (Å²) in [5.41, 5.74) is 0. The highest BCUT2D eigenvalue weighted by Gasteiger charge is 2.26. The van der Waals surface area contributed by atoms with Crippen molar-refractivity contribution < 1.29 is 5.11 Å². The monoisotopic (exact) mass is 217 g/mol. The van der Waals surface area contributed by atoms with Crippen LogP contribution in [0.25, 0.3) is 0 Å². The van der Waals surface area contributed by atoms with Crippen LogP contribution in [0.4, 0.5) is 0 Å². The molecule has 3 heteroatoms. The molecule has 1 aliphatic heterocycles. The molecular formula is C11H23NOS. The highest BCUT2D eigenvalue weighted by molar-refractivity contribution is 7.99. The van der Waals surface area contributed by atoms with Gasteiger partial charge in [0.05, 0.1) is 6.61 Å². The van der Waals surface area contributed by atoms with Crippen LogP contribution in [0.3, 0.4) is 0 Å². The molecule has 0 aromatic rings. The Labute approximate surface area is 92.1 Å².